The van der Waals surface area contributed by atoms with Crippen LogP contribution in [-0.4, -0.2) is 30.7 Å². The van der Waals surface area contributed by atoms with E-state index in [1.54, 1.807) is 0 Å². The zero-order valence-corrected chi connectivity index (χ0v) is 9.68. The van der Waals surface area contributed by atoms with Gasteiger partial charge in [0.25, 0.3) is 0 Å². The van der Waals surface area contributed by atoms with E-state index >= 15 is 0 Å². The van der Waals surface area contributed by atoms with Gasteiger partial charge < -0.3 is 0 Å². The van der Waals surface area contributed by atoms with E-state index in [4.69, 9.17) is 5.32 Å². The number of nitrogens with zero attached hydrogens (tertiary/aromatic N) is 2. The summed E-state index contributed by atoms with van der Waals surface area (Å²) >= 11 is 0. The Morgan fingerprint density at radius 1 is 1.12 bits per heavy atom. The molecule has 0 aliphatic carbocycles. The van der Waals surface area contributed by atoms with Crippen LogP contribution in [0.5, 0.6) is 0 Å². The first-order chi connectivity index (χ1) is 7.93. The van der Waals surface area contributed by atoms with Gasteiger partial charge in [0.2, 0.25) is 0 Å². The number of benzene rings is 1. The first-order valence-electron chi connectivity index (χ1n) is 6.39. The van der Waals surface area contributed by atoms with Gasteiger partial charge >= 0.3 is 0 Å². The average Bonchev–Trinajstić information content (AvgIpc) is 2.28. The number of hydrogen-bond donors (Lipinski definition) is 0. The number of rotatable bonds is 2. The van der Waals surface area contributed by atoms with Crippen LogP contribution in [0.1, 0.15) is 30.7 Å². The van der Waals surface area contributed by atoms with Gasteiger partial charge in [-0.25, -0.2) is 5.32 Å². The van der Waals surface area contributed by atoms with Crippen LogP contribution in [0.15, 0.2) is 30.3 Å². The van der Waals surface area contributed by atoms with Crippen LogP contribution in [0.4, 0.5) is 0 Å². The summed E-state index contributed by atoms with van der Waals surface area (Å²) in [6, 6.07) is 10.9. The summed E-state index contributed by atoms with van der Waals surface area (Å²) in [6.07, 6.45) is 4.33. The minimum Gasteiger partial charge on any atom is -0.287 e. The van der Waals surface area contributed by atoms with Crippen molar-refractivity contribution in [1.82, 2.24) is 10.2 Å². The molecule has 1 radical (unpaired) electrons. The molecule has 2 unspecified atom stereocenters. The van der Waals surface area contributed by atoms with Crippen LogP contribution in [0.2, 0.25) is 0 Å². The maximum absolute atomic E-state index is 4.75. The van der Waals surface area contributed by atoms with Crippen molar-refractivity contribution in [2.45, 2.75) is 31.3 Å². The lowest BCUT2D eigenvalue weighted by molar-refractivity contribution is 0.0675. The van der Waals surface area contributed by atoms with Crippen molar-refractivity contribution in [2.75, 3.05) is 19.6 Å². The molecule has 3 rings (SSSR count). The quantitative estimate of drug-likeness (QED) is 0.739. The van der Waals surface area contributed by atoms with Crippen LogP contribution >= 0.6 is 0 Å². The van der Waals surface area contributed by atoms with Gasteiger partial charge in [0, 0.05) is 19.6 Å². The van der Waals surface area contributed by atoms with Crippen LogP contribution in [0.3, 0.4) is 0 Å². The van der Waals surface area contributed by atoms with E-state index in [0.29, 0.717) is 6.17 Å². The predicted molar refractivity (Wildman–Crippen MR) is 65.4 cm³/mol. The molecule has 2 fully saturated rings. The maximum Gasteiger partial charge on any atom is 0.0766 e. The summed E-state index contributed by atoms with van der Waals surface area (Å²) in [5, 5.41) is 4.75. The smallest absolute Gasteiger partial charge is 0.0766 e. The van der Waals surface area contributed by atoms with Crippen LogP contribution < -0.4 is 5.32 Å². The first-order valence-corrected chi connectivity index (χ1v) is 6.39. The molecule has 0 bridgehead atoms. The number of likely N-dealkylation sites (tertiary alicyclic amines) is 1. The molecule has 2 heteroatoms. The maximum atomic E-state index is 4.75. The standard InChI is InChI=1S/C14H19N2/c1-2-5-12(6-3-1)13-7-8-15-14(11-13)16-9-4-10-16/h1-3,5-6,13-14H,4,7-11H2. The first kappa shape index (κ1) is 10.3. The average molecular weight is 215 g/mol. The van der Waals surface area contributed by atoms with Gasteiger partial charge in [0.1, 0.15) is 0 Å². The molecule has 2 heterocycles. The van der Waals surface area contributed by atoms with E-state index in [0.717, 1.165) is 12.5 Å². The number of piperidine rings is 1. The largest absolute Gasteiger partial charge is 0.287 e. The second-order valence-electron chi connectivity index (χ2n) is 4.91. The normalized spacial score (nSPS) is 31.0. The molecule has 1 aromatic carbocycles. The lowest BCUT2D eigenvalue weighted by Crippen LogP contribution is -2.52. The monoisotopic (exact) mass is 215 g/mol. The van der Waals surface area contributed by atoms with Gasteiger partial charge in [-0.3, -0.25) is 4.90 Å². The molecule has 0 spiro atoms. The van der Waals surface area contributed by atoms with Crippen LogP contribution in [0.25, 0.3) is 0 Å². The summed E-state index contributed by atoms with van der Waals surface area (Å²) in [5.74, 6) is 0.726. The molecule has 2 aliphatic rings. The molecular formula is C14H19N2. The summed E-state index contributed by atoms with van der Waals surface area (Å²) in [6.45, 7) is 3.56. The van der Waals surface area contributed by atoms with E-state index in [2.05, 4.69) is 35.2 Å². The molecule has 2 saturated heterocycles. The second-order valence-corrected chi connectivity index (χ2v) is 4.91. The topological polar surface area (TPSA) is 17.3 Å². The third-order valence-electron chi connectivity index (χ3n) is 3.90. The summed E-state index contributed by atoms with van der Waals surface area (Å²) in [5.41, 5.74) is 1.50. The Hall–Kier alpha value is -0.860. The number of hydrogen-bond acceptors (Lipinski definition) is 1. The van der Waals surface area contributed by atoms with Crippen molar-refractivity contribution in [2.24, 2.45) is 0 Å². The Bertz CT molecular complexity index is 332. The van der Waals surface area contributed by atoms with Crippen molar-refractivity contribution in [1.29, 1.82) is 0 Å². The fraction of sp³-hybridized carbons (Fsp3) is 0.571. The molecule has 0 aromatic heterocycles. The van der Waals surface area contributed by atoms with Gasteiger partial charge in [0.05, 0.1) is 6.17 Å². The highest BCUT2D eigenvalue weighted by atomic mass is 15.3. The SMILES string of the molecule is c1ccc(C2CC[N]C(N3CCC3)C2)cc1. The summed E-state index contributed by atoms with van der Waals surface area (Å²) < 4.78 is 0. The van der Waals surface area contributed by atoms with Crippen molar-refractivity contribution in [3.05, 3.63) is 35.9 Å². The van der Waals surface area contributed by atoms with E-state index in [-0.39, 0.29) is 0 Å². The molecule has 2 nitrogen and oxygen atoms in total. The zero-order valence-electron chi connectivity index (χ0n) is 9.68. The molecule has 2 atom stereocenters. The Morgan fingerprint density at radius 3 is 2.62 bits per heavy atom. The lowest BCUT2D eigenvalue weighted by atomic mass is 9.88. The third-order valence-corrected chi connectivity index (χ3v) is 3.90. The van der Waals surface area contributed by atoms with Crippen LogP contribution in [-0.2, 0) is 0 Å². The van der Waals surface area contributed by atoms with E-state index in [9.17, 15) is 0 Å². The van der Waals surface area contributed by atoms with Gasteiger partial charge in [-0.1, -0.05) is 30.3 Å². The Kier molecular flexibility index (Phi) is 2.94. The molecule has 2 aliphatic heterocycles. The van der Waals surface area contributed by atoms with Crippen LogP contribution in [0, 0.1) is 0 Å². The fourth-order valence-corrected chi connectivity index (χ4v) is 2.76. The van der Waals surface area contributed by atoms with E-state index < -0.39 is 0 Å². The van der Waals surface area contributed by atoms with E-state index in [1.807, 2.05) is 0 Å². The zero-order chi connectivity index (χ0) is 10.8. The molecule has 0 N–H and O–H groups in total. The molecule has 0 amide bonds. The summed E-state index contributed by atoms with van der Waals surface area (Å²) in [4.78, 5) is 2.52. The minimum atomic E-state index is 0.507. The van der Waals surface area contributed by atoms with Gasteiger partial charge in [-0.15, -0.1) is 0 Å². The molecule has 16 heavy (non-hydrogen) atoms. The van der Waals surface area contributed by atoms with Crippen molar-refractivity contribution in [3.63, 3.8) is 0 Å². The highest BCUT2D eigenvalue weighted by Crippen LogP contribution is 2.30. The Morgan fingerprint density at radius 2 is 1.94 bits per heavy atom. The van der Waals surface area contributed by atoms with Crippen molar-refractivity contribution >= 4 is 0 Å². The highest BCUT2D eigenvalue weighted by molar-refractivity contribution is 5.20. The van der Waals surface area contributed by atoms with Crippen molar-refractivity contribution < 1.29 is 0 Å². The van der Waals surface area contributed by atoms with Crippen molar-refractivity contribution in [3.8, 4) is 0 Å². The lowest BCUT2D eigenvalue weighted by Gasteiger charge is -2.42. The highest BCUT2D eigenvalue weighted by Gasteiger charge is 2.30. The third kappa shape index (κ3) is 2.00. The van der Waals surface area contributed by atoms with E-state index in [1.165, 1.54) is 37.9 Å². The minimum absolute atomic E-state index is 0.507. The fourth-order valence-electron chi connectivity index (χ4n) is 2.76. The molecule has 85 valence electrons. The summed E-state index contributed by atoms with van der Waals surface area (Å²) in [7, 11) is 0. The van der Waals surface area contributed by atoms with Gasteiger partial charge in [-0.2, -0.15) is 0 Å². The van der Waals surface area contributed by atoms with Gasteiger partial charge in [0.15, 0.2) is 0 Å². The molecule has 0 saturated carbocycles. The Balaban J connectivity index is 1.67. The van der Waals surface area contributed by atoms with Gasteiger partial charge in [-0.05, 0) is 30.7 Å². The Labute approximate surface area is 97.6 Å². The predicted octanol–water partition coefficient (Wildman–Crippen LogP) is 2.20. The second kappa shape index (κ2) is 4.56. The molecule has 1 aromatic rings. The molecular weight excluding hydrogens is 196 g/mol.